The van der Waals surface area contributed by atoms with Gasteiger partial charge < -0.3 is 20.4 Å². The van der Waals surface area contributed by atoms with Crippen LogP contribution >= 0.6 is 0 Å². The third-order valence-corrected chi connectivity index (χ3v) is 0. The zero-order valence-corrected chi connectivity index (χ0v) is 13.1. The van der Waals surface area contributed by atoms with Crippen LogP contribution in [0.15, 0.2) is 0 Å². The van der Waals surface area contributed by atoms with E-state index >= 15 is 0 Å². The summed E-state index contributed by atoms with van der Waals surface area (Å²) in [6, 6.07) is 0. The van der Waals surface area contributed by atoms with Crippen molar-refractivity contribution in [3.05, 3.63) is 0 Å². The molecule has 5 heteroatoms. The molecule has 0 N–H and O–H groups in total. The Morgan fingerprint density at radius 3 is 0.538 bits per heavy atom. The van der Waals surface area contributed by atoms with Gasteiger partial charge >= 0.3 is 39.9 Å². The van der Waals surface area contributed by atoms with Crippen LogP contribution in [0.3, 0.4) is 0 Å². The molecule has 0 amide bonds. The molecule has 0 spiro atoms. The molecule has 0 unspecified atom stereocenters. The van der Waals surface area contributed by atoms with E-state index in [1.807, 2.05) is 0 Å². The van der Waals surface area contributed by atoms with Crippen LogP contribution in [0.4, 0.5) is 0 Å². The standard InChI is InChI=1S/4C2H5O.Th/c4*1-2-3;/h4*2H2,1H3;/q4*-1;+4. The van der Waals surface area contributed by atoms with E-state index in [9.17, 15) is 0 Å². The van der Waals surface area contributed by atoms with Gasteiger partial charge in [0.2, 0.25) is 0 Å². The average Bonchev–Trinajstić information content (AvgIpc) is 1.92. The maximum absolute atomic E-state index is 8.93. The van der Waals surface area contributed by atoms with Gasteiger partial charge in [-0.15, -0.1) is 26.4 Å². The molecular formula is C8H20O4Th. The summed E-state index contributed by atoms with van der Waals surface area (Å²) in [7, 11) is 0. The topological polar surface area (TPSA) is 92.2 Å². The maximum Gasteiger partial charge on any atom is 4.00 e. The molecule has 0 aromatic heterocycles. The van der Waals surface area contributed by atoms with Gasteiger partial charge in [0.15, 0.2) is 0 Å². The largest absolute Gasteiger partial charge is 4.00 e. The zero-order valence-electron chi connectivity index (χ0n) is 8.96. The second-order valence-electron chi connectivity index (χ2n) is 1.15. The molecule has 0 bridgehead atoms. The van der Waals surface area contributed by atoms with Gasteiger partial charge in [-0.25, -0.2) is 0 Å². The van der Waals surface area contributed by atoms with E-state index in [4.69, 9.17) is 20.4 Å². The summed E-state index contributed by atoms with van der Waals surface area (Å²) in [5, 5.41) is 35.7. The molecule has 80 valence electrons. The zero-order chi connectivity index (χ0) is 10.8. The van der Waals surface area contributed by atoms with Crippen molar-refractivity contribution in [2.24, 2.45) is 0 Å². The van der Waals surface area contributed by atoms with Crippen LogP contribution in [0, 0.1) is 39.9 Å². The molecule has 0 saturated carbocycles. The van der Waals surface area contributed by atoms with Gasteiger partial charge in [0.25, 0.3) is 0 Å². The summed E-state index contributed by atoms with van der Waals surface area (Å²) in [5.41, 5.74) is 0. The smallest absolute Gasteiger partial charge is 0.855 e. The predicted molar refractivity (Wildman–Crippen MR) is 42.2 cm³/mol. The molecule has 0 saturated heterocycles. The van der Waals surface area contributed by atoms with E-state index in [1.54, 1.807) is 27.7 Å². The Morgan fingerprint density at radius 2 is 0.538 bits per heavy atom. The molecule has 0 rings (SSSR count). The van der Waals surface area contributed by atoms with Crippen molar-refractivity contribution < 1.29 is 60.4 Å². The SMILES string of the molecule is CC[O-].CC[O-].CC[O-].CC[O-].[Th+4]. The molecular weight excluding hydrogens is 392 g/mol. The minimum atomic E-state index is 0. The first-order chi connectivity index (χ1) is 5.66. The van der Waals surface area contributed by atoms with Gasteiger partial charge in [0.05, 0.1) is 0 Å². The maximum atomic E-state index is 8.93. The fourth-order valence-corrected chi connectivity index (χ4v) is 0. The van der Waals surface area contributed by atoms with Crippen molar-refractivity contribution in [2.45, 2.75) is 27.7 Å². The average molecular weight is 412 g/mol. The number of rotatable bonds is 0. The van der Waals surface area contributed by atoms with Crippen molar-refractivity contribution in [2.75, 3.05) is 26.4 Å². The van der Waals surface area contributed by atoms with Crippen molar-refractivity contribution in [1.82, 2.24) is 0 Å². The quantitative estimate of drug-likeness (QED) is 0.439. The van der Waals surface area contributed by atoms with Gasteiger partial charge in [0, 0.05) is 0 Å². The first-order valence-electron chi connectivity index (χ1n) is 3.98. The normalized spacial score (nSPS) is 5.54. The van der Waals surface area contributed by atoms with Crippen LogP contribution in [0.5, 0.6) is 0 Å². The van der Waals surface area contributed by atoms with E-state index in [0.717, 1.165) is 0 Å². The van der Waals surface area contributed by atoms with E-state index < -0.39 is 0 Å². The summed E-state index contributed by atoms with van der Waals surface area (Å²) in [6.45, 7) is 6.28. The monoisotopic (exact) mass is 412 g/mol. The minimum Gasteiger partial charge on any atom is -0.855 e. The summed E-state index contributed by atoms with van der Waals surface area (Å²) in [6.07, 6.45) is 0. The van der Waals surface area contributed by atoms with Crippen LogP contribution in [-0.2, 0) is 0 Å². The Bertz CT molecular complexity index is 24.1. The van der Waals surface area contributed by atoms with E-state index in [1.165, 1.54) is 0 Å². The molecule has 13 heavy (non-hydrogen) atoms. The van der Waals surface area contributed by atoms with Gasteiger partial charge in [0.1, 0.15) is 0 Å². The summed E-state index contributed by atoms with van der Waals surface area (Å²) >= 11 is 0. The fraction of sp³-hybridized carbons (Fsp3) is 1.00. The van der Waals surface area contributed by atoms with Crippen molar-refractivity contribution in [3.63, 3.8) is 0 Å². The van der Waals surface area contributed by atoms with Gasteiger partial charge in [-0.2, -0.15) is 0 Å². The van der Waals surface area contributed by atoms with Crippen molar-refractivity contribution >= 4 is 0 Å². The molecule has 0 aromatic carbocycles. The molecule has 0 aliphatic rings. The predicted octanol–water partition coefficient (Wildman–Crippen LogP) is -2.53. The Balaban J connectivity index is -0.0000000213. The third-order valence-electron chi connectivity index (χ3n) is 0. The molecule has 0 radical (unpaired) electrons. The van der Waals surface area contributed by atoms with Crippen LogP contribution in [0.2, 0.25) is 0 Å². The number of hydrogen-bond donors (Lipinski definition) is 0. The number of hydrogen-bond acceptors (Lipinski definition) is 4. The first-order valence-corrected chi connectivity index (χ1v) is 3.98. The van der Waals surface area contributed by atoms with Crippen molar-refractivity contribution in [1.29, 1.82) is 0 Å². The minimum absolute atomic E-state index is 0. The third kappa shape index (κ3) is 1210. The van der Waals surface area contributed by atoms with Crippen molar-refractivity contribution in [3.8, 4) is 0 Å². The second kappa shape index (κ2) is 73.0. The van der Waals surface area contributed by atoms with Crippen LogP contribution < -0.4 is 20.4 Å². The molecule has 0 aliphatic heterocycles. The molecule has 0 aliphatic carbocycles. The van der Waals surface area contributed by atoms with E-state index in [0.29, 0.717) is 0 Å². The Morgan fingerprint density at radius 1 is 0.538 bits per heavy atom. The van der Waals surface area contributed by atoms with Gasteiger partial charge in [-0.3, -0.25) is 0 Å². The second-order valence-corrected chi connectivity index (χ2v) is 1.15. The fourth-order valence-electron chi connectivity index (χ4n) is 0. The Labute approximate surface area is 114 Å². The Kier molecular flexibility index (Phi) is 164. The molecule has 0 fully saturated rings. The molecule has 0 aromatic rings. The van der Waals surface area contributed by atoms with E-state index in [2.05, 4.69) is 0 Å². The summed E-state index contributed by atoms with van der Waals surface area (Å²) in [4.78, 5) is 0. The summed E-state index contributed by atoms with van der Waals surface area (Å²) in [5.74, 6) is 0. The molecule has 0 atom stereocenters. The first kappa shape index (κ1) is 29.2. The van der Waals surface area contributed by atoms with Crippen LogP contribution in [0.1, 0.15) is 27.7 Å². The van der Waals surface area contributed by atoms with Crippen LogP contribution in [0.25, 0.3) is 0 Å². The summed E-state index contributed by atoms with van der Waals surface area (Å²) < 4.78 is 0. The van der Waals surface area contributed by atoms with Gasteiger partial charge in [-0.1, -0.05) is 27.7 Å². The molecule has 4 nitrogen and oxygen atoms in total. The van der Waals surface area contributed by atoms with Gasteiger partial charge in [-0.05, 0) is 0 Å². The van der Waals surface area contributed by atoms with E-state index in [-0.39, 0.29) is 66.4 Å². The Hall–Kier alpha value is 1.16. The van der Waals surface area contributed by atoms with Crippen LogP contribution in [-0.4, -0.2) is 26.4 Å². The molecule has 0 heterocycles.